The quantitative estimate of drug-likeness (QED) is 0.556. The van der Waals surface area contributed by atoms with Crippen molar-refractivity contribution in [2.45, 2.75) is 6.54 Å². The first-order valence-electron chi connectivity index (χ1n) is 5.61. The standard InChI is InChI=1S/C12H21N3O/c1-16-12-4-2-3-11(9-12)10-15-8-7-14-6-5-13/h2-4,9,14-15H,5-8,10,13H2,1H3. The Morgan fingerprint density at radius 2 is 2.00 bits per heavy atom. The Hall–Kier alpha value is -1.10. The van der Waals surface area contributed by atoms with Gasteiger partial charge in [-0.25, -0.2) is 0 Å². The van der Waals surface area contributed by atoms with Gasteiger partial charge in [-0.05, 0) is 17.7 Å². The monoisotopic (exact) mass is 223 g/mol. The summed E-state index contributed by atoms with van der Waals surface area (Å²) in [6.45, 7) is 4.32. The Morgan fingerprint density at radius 1 is 1.19 bits per heavy atom. The van der Waals surface area contributed by atoms with E-state index in [9.17, 15) is 0 Å². The number of rotatable bonds is 8. The molecular weight excluding hydrogens is 202 g/mol. The fourth-order valence-corrected chi connectivity index (χ4v) is 1.42. The predicted octanol–water partition coefficient (Wildman–Crippen LogP) is 0.333. The third-order valence-corrected chi connectivity index (χ3v) is 2.26. The largest absolute Gasteiger partial charge is 0.497 e. The first kappa shape index (κ1) is 13.0. The predicted molar refractivity (Wildman–Crippen MR) is 66.6 cm³/mol. The molecule has 0 spiro atoms. The van der Waals surface area contributed by atoms with Crippen molar-refractivity contribution in [3.63, 3.8) is 0 Å². The summed E-state index contributed by atoms with van der Waals surface area (Å²) in [5.74, 6) is 0.903. The lowest BCUT2D eigenvalue weighted by atomic mass is 10.2. The first-order chi connectivity index (χ1) is 7.86. The molecule has 4 heteroatoms. The fraction of sp³-hybridized carbons (Fsp3) is 0.500. The molecule has 1 rings (SSSR count). The molecule has 1 aromatic carbocycles. The van der Waals surface area contributed by atoms with E-state index in [4.69, 9.17) is 10.5 Å². The van der Waals surface area contributed by atoms with Gasteiger partial charge in [-0.1, -0.05) is 12.1 Å². The number of nitrogens with one attached hydrogen (secondary N) is 2. The zero-order chi connectivity index (χ0) is 11.6. The summed E-state index contributed by atoms with van der Waals surface area (Å²) in [5, 5.41) is 6.58. The summed E-state index contributed by atoms with van der Waals surface area (Å²) in [4.78, 5) is 0. The second kappa shape index (κ2) is 8.10. The normalized spacial score (nSPS) is 10.4. The Kier molecular flexibility index (Phi) is 6.56. The Labute approximate surface area is 97.2 Å². The molecule has 0 saturated carbocycles. The molecular formula is C12H21N3O. The average molecular weight is 223 g/mol. The fourth-order valence-electron chi connectivity index (χ4n) is 1.42. The number of nitrogens with two attached hydrogens (primary N) is 1. The number of hydrogen-bond acceptors (Lipinski definition) is 4. The zero-order valence-electron chi connectivity index (χ0n) is 9.83. The topological polar surface area (TPSA) is 59.3 Å². The molecule has 90 valence electrons. The molecule has 0 atom stereocenters. The van der Waals surface area contributed by atoms with Gasteiger partial charge >= 0.3 is 0 Å². The van der Waals surface area contributed by atoms with Gasteiger partial charge in [0.25, 0.3) is 0 Å². The highest BCUT2D eigenvalue weighted by Gasteiger charge is 1.94. The summed E-state index contributed by atoms with van der Waals surface area (Å²) in [7, 11) is 1.68. The highest BCUT2D eigenvalue weighted by molar-refractivity contribution is 5.28. The summed E-state index contributed by atoms with van der Waals surface area (Å²) >= 11 is 0. The molecule has 0 heterocycles. The van der Waals surface area contributed by atoms with Gasteiger partial charge in [0.15, 0.2) is 0 Å². The third kappa shape index (κ3) is 5.11. The van der Waals surface area contributed by atoms with E-state index >= 15 is 0 Å². The minimum absolute atomic E-state index is 0.690. The number of hydrogen-bond donors (Lipinski definition) is 3. The highest BCUT2D eigenvalue weighted by Crippen LogP contribution is 2.11. The number of benzene rings is 1. The van der Waals surface area contributed by atoms with Crippen LogP contribution in [0.25, 0.3) is 0 Å². The summed E-state index contributed by atoms with van der Waals surface area (Å²) in [5.41, 5.74) is 6.60. The zero-order valence-corrected chi connectivity index (χ0v) is 9.83. The van der Waals surface area contributed by atoms with Crippen molar-refractivity contribution < 1.29 is 4.74 Å². The van der Waals surface area contributed by atoms with Crippen LogP contribution in [0.1, 0.15) is 5.56 Å². The van der Waals surface area contributed by atoms with Crippen LogP contribution in [0, 0.1) is 0 Å². The van der Waals surface area contributed by atoms with Gasteiger partial charge in [0.2, 0.25) is 0 Å². The van der Waals surface area contributed by atoms with Crippen LogP contribution in [-0.4, -0.2) is 33.3 Å². The third-order valence-electron chi connectivity index (χ3n) is 2.26. The minimum Gasteiger partial charge on any atom is -0.497 e. The highest BCUT2D eigenvalue weighted by atomic mass is 16.5. The van der Waals surface area contributed by atoms with Crippen LogP contribution in [0.3, 0.4) is 0 Å². The summed E-state index contributed by atoms with van der Waals surface area (Å²) in [6.07, 6.45) is 0. The molecule has 4 N–H and O–H groups in total. The van der Waals surface area contributed by atoms with Crippen molar-refractivity contribution in [1.82, 2.24) is 10.6 Å². The summed E-state index contributed by atoms with van der Waals surface area (Å²) in [6, 6.07) is 8.08. The number of ether oxygens (including phenoxy) is 1. The second-order valence-electron chi connectivity index (χ2n) is 3.57. The molecule has 16 heavy (non-hydrogen) atoms. The maximum atomic E-state index is 5.37. The van der Waals surface area contributed by atoms with E-state index in [1.165, 1.54) is 5.56 Å². The molecule has 0 bridgehead atoms. The van der Waals surface area contributed by atoms with Crippen LogP contribution in [-0.2, 0) is 6.54 Å². The second-order valence-corrected chi connectivity index (χ2v) is 3.57. The smallest absolute Gasteiger partial charge is 0.119 e. The first-order valence-corrected chi connectivity index (χ1v) is 5.61. The Morgan fingerprint density at radius 3 is 2.75 bits per heavy atom. The van der Waals surface area contributed by atoms with Gasteiger partial charge in [-0.15, -0.1) is 0 Å². The van der Waals surface area contributed by atoms with Crippen molar-refractivity contribution in [1.29, 1.82) is 0 Å². The molecule has 0 aliphatic heterocycles. The molecule has 0 radical (unpaired) electrons. The van der Waals surface area contributed by atoms with Crippen LogP contribution in [0.2, 0.25) is 0 Å². The summed E-state index contributed by atoms with van der Waals surface area (Å²) < 4.78 is 5.16. The minimum atomic E-state index is 0.690. The van der Waals surface area contributed by atoms with Crippen LogP contribution in [0.5, 0.6) is 5.75 Å². The van der Waals surface area contributed by atoms with E-state index in [0.29, 0.717) is 6.54 Å². The molecule has 0 aliphatic carbocycles. The van der Waals surface area contributed by atoms with E-state index in [1.807, 2.05) is 18.2 Å². The molecule has 1 aromatic rings. The molecule has 0 unspecified atom stereocenters. The molecule has 0 aliphatic rings. The molecule has 0 amide bonds. The van der Waals surface area contributed by atoms with Crippen LogP contribution in [0.4, 0.5) is 0 Å². The van der Waals surface area contributed by atoms with E-state index in [2.05, 4.69) is 16.7 Å². The van der Waals surface area contributed by atoms with Crippen LogP contribution >= 0.6 is 0 Å². The average Bonchev–Trinajstić information content (AvgIpc) is 2.34. The van der Waals surface area contributed by atoms with E-state index in [-0.39, 0.29) is 0 Å². The van der Waals surface area contributed by atoms with Crippen molar-refractivity contribution >= 4 is 0 Å². The van der Waals surface area contributed by atoms with Gasteiger partial charge in [-0.2, -0.15) is 0 Å². The van der Waals surface area contributed by atoms with Gasteiger partial charge < -0.3 is 21.1 Å². The van der Waals surface area contributed by atoms with Gasteiger partial charge in [-0.3, -0.25) is 0 Å². The molecule has 0 fully saturated rings. The molecule has 0 aromatic heterocycles. The Bertz CT molecular complexity index is 291. The maximum Gasteiger partial charge on any atom is 0.119 e. The number of methoxy groups -OCH3 is 1. The van der Waals surface area contributed by atoms with E-state index in [1.54, 1.807) is 7.11 Å². The Balaban J connectivity index is 2.16. The SMILES string of the molecule is COc1cccc(CNCCNCCN)c1. The van der Waals surface area contributed by atoms with Gasteiger partial charge in [0, 0.05) is 32.7 Å². The van der Waals surface area contributed by atoms with Crippen LogP contribution in [0.15, 0.2) is 24.3 Å². The lowest BCUT2D eigenvalue weighted by Crippen LogP contribution is -2.30. The maximum absolute atomic E-state index is 5.37. The van der Waals surface area contributed by atoms with Crippen molar-refractivity contribution in [2.24, 2.45) is 5.73 Å². The van der Waals surface area contributed by atoms with E-state index in [0.717, 1.165) is 31.9 Å². The molecule has 4 nitrogen and oxygen atoms in total. The van der Waals surface area contributed by atoms with Crippen LogP contribution < -0.4 is 21.1 Å². The lowest BCUT2D eigenvalue weighted by Gasteiger charge is -2.07. The van der Waals surface area contributed by atoms with Crippen molar-refractivity contribution in [3.8, 4) is 5.75 Å². The van der Waals surface area contributed by atoms with Gasteiger partial charge in [0.05, 0.1) is 7.11 Å². The van der Waals surface area contributed by atoms with Crippen molar-refractivity contribution in [3.05, 3.63) is 29.8 Å². The van der Waals surface area contributed by atoms with Crippen molar-refractivity contribution in [2.75, 3.05) is 33.3 Å². The van der Waals surface area contributed by atoms with Gasteiger partial charge in [0.1, 0.15) is 5.75 Å². The van der Waals surface area contributed by atoms with E-state index < -0.39 is 0 Å². The molecule has 0 saturated heterocycles. The lowest BCUT2D eigenvalue weighted by molar-refractivity contribution is 0.414.